The first-order valence-corrected chi connectivity index (χ1v) is 10.4. The van der Waals surface area contributed by atoms with E-state index >= 15 is 0 Å². The van der Waals surface area contributed by atoms with Crippen molar-refractivity contribution in [3.05, 3.63) is 59.2 Å². The molecule has 5 nitrogen and oxygen atoms in total. The standard InChI is InChI=1S/C22H29ClN4O/c1-3-25(4-2)15-16-27-20-12-7-6-11-19(20)26(22(27)24)14-9-17-28-21-13-8-5-10-18(21)23/h5-8,10-13,24H,3-4,9,14-17H2,1-2H3. The molecule has 0 saturated heterocycles. The quantitative estimate of drug-likeness (QED) is 0.513. The maximum Gasteiger partial charge on any atom is 0.203 e. The van der Waals surface area contributed by atoms with Gasteiger partial charge in [-0.1, -0.05) is 49.7 Å². The fourth-order valence-electron chi connectivity index (χ4n) is 3.50. The van der Waals surface area contributed by atoms with Gasteiger partial charge in [0.25, 0.3) is 0 Å². The Balaban J connectivity index is 1.71. The van der Waals surface area contributed by atoms with Crippen molar-refractivity contribution in [2.75, 3.05) is 26.2 Å². The van der Waals surface area contributed by atoms with Gasteiger partial charge in [0.2, 0.25) is 5.62 Å². The van der Waals surface area contributed by atoms with Gasteiger partial charge in [0.15, 0.2) is 0 Å². The van der Waals surface area contributed by atoms with Gasteiger partial charge in [0.05, 0.1) is 22.7 Å². The highest BCUT2D eigenvalue weighted by molar-refractivity contribution is 6.32. The third-order valence-corrected chi connectivity index (χ3v) is 5.44. The molecule has 0 atom stereocenters. The minimum Gasteiger partial charge on any atom is -0.492 e. The summed E-state index contributed by atoms with van der Waals surface area (Å²) in [6, 6.07) is 15.8. The van der Waals surface area contributed by atoms with Crippen molar-refractivity contribution in [3.8, 4) is 5.75 Å². The maximum absolute atomic E-state index is 8.71. The van der Waals surface area contributed by atoms with Crippen molar-refractivity contribution >= 4 is 22.6 Å². The Morgan fingerprint density at radius 2 is 1.54 bits per heavy atom. The molecule has 0 amide bonds. The van der Waals surface area contributed by atoms with E-state index in [4.69, 9.17) is 21.7 Å². The number of rotatable bonds is 10. The number of likely N-dealkylation sites (N-methyl/N-ethyl adjacent to an activating group) is 1. The summed E-state index contributed by atoms with van der Waals surface area (Å²) in [7, 11) is 0. The van der Waals surface area contributed by atoms with Crippen LogP contribution in [0.15, 0.2) is 48.5 Å². The fourth-order valence-corrected chi connectivity index (χ4v) is 3.69. The Morgan fingerprint density at radius 1 is 0.929 bits per heavy atom. The summed E-state index contributed by atoms with van der Waals surface area (Å²) in [6.45, 7) is 9.50. The number of benzene rings is 2. The van der Waals surface area contributed by atoms with Crippen LogP contribution in [0.1, 0.15) is 20.3 Å². The van der Waals surface area contributed by atoms with Crippen LogP contribution in [0.2, 0.25) is 5.02 Å². The molecule has 3 aromatic rings. The number of ether oxygens (including phenoxy) is 1. The Morgan fingerprint density at radius 3 is 2.18 bits per heavy atom. The zero-order chi connectivity index (χ0) is 19.9. The van der Waals surface area contributed by atoms with E-state index in [9.17, 15) is 0 Å². The lowest BCUT2D eigenvalue weighted by Gasteiger charge is -2.18. The Kier molecular flexibility index (Phi) is 7.18. The van der Waals surface area contributed by atoms with Crippen LogP contribution in [0.5, 0.6) is 5.75 Å². The monoisotopic (exact) mass is 400 g/mol. The molecule has 0 bridgehead atoms. The van der Waals surface area contributed by atoms with E-state index in [1.54, 1.807) is 0 Å². The highest BCUT2D eigenvalue weighted by atomic mass is 35.5. The third kappa shape index (κ3) is 4.59. The molecule has 0 aliphatic heterocycles. The summed E-state index contributed by atoms with van der Waals surface area (Å²) in [4.78, 5) is 2.38. The SMILES string of the molecule is CCN(CC)CCn1c(=N)n(CCCOc2ccccc2Cl)c2ccccc21. The van der Waals surface area contributed by atoms with Crippen LogP contribution in [-0.2, 0) is 13.1 Å². The lowest BCUT2D eigenvalue weighted by atomic mass is 10.3. The van der Waals surface area contributed by atoms with Crippen LogP contribution >= 0.6 is 11.6 Å². The molecule has 0 aliphatic rings. The molecule has 1 N–H and O–H groups in total. The number of aryl methyl sites for hydroxylation is 1. The number of nitrogens with one attached hydrogen (secondary N) is 1. The van der Waals surface area contributed by atoms with E-state index in [1.807, 2.05) is 36.4 Å². The number of nitrogens with zero attached hydrogens (tertiary/aromatic N) is 3. The highest BCUT2D eigenvalue weighted by Crippen LogP contribution is 2.23. The van der Waals surface area contributed by atoms with Crippen LogP contribution in [-0.4, -0.2) is 40.3 Å². The van der Waals surface area contributed by atoms with Crippen LogP contribution in [0, 0.1) is 5.41 Å². The van der Waals surface area contributed by atoms with Crippen molar-refractivity contribution in [1.29, 1.82) is 5.41 Å². The van der Waals surface area contributed by atoms with Crippen molar-refractivity contribution in [2.24, 2.45) is 0 Å². The maximum atomic E-state index is 8.71. The third-order valence-electron chi connectivity index (χ3n) is 5.13. The summed E-state index contributed by atoms with van der Waals surface area (Å²) >= 11 is 6.14. The number of aromatic nitrogens is 2. The van der Waals surface area contributed by atoms with Gasteiger partial charge in [-0.15, -0.1) is 0 Å². The van der Waals surface area contributed by atoms with E-state index in [1.165, 1.54) is 0 Å². The molecular formula is C22H29ClN4O. The van der Waals surface area contributed by atoms with Gasteiger partial charge in [-0.3, -0.25) is 5.41 Å². The zero-order valence-corrected chi connectivity index (χ0v) is 17.5. The predicted molar refractivity (Wildman–Crippen MR) is 115 cm³/mol. The molecule has 3 rings (SSSR count). The van der Waals surface area contributed by atoms with Crippen LogP contribution in [0.4, 0.5) is 0 Å². The van der Waals surface area contributed by atoms with E-state index in [0.717, 1.165) is 50.2 Å². The first kappa shape index (κ1) is 20.5. The van der Waals surface area contributed by atoms with Crippen molar-refractivity contribution in [1.82, 2.24) is 14.0 Å². The fraction of sp³-hybridized carbons (Fsp3) is 0.409. The van der Waals surface area contributed by atoms with Crippen molar-refractivity contribution in [3.63, 3.8) is 0 Å². The number of fused-ring (bicyclic) bond motifs is 1. The summed E-state index contributed by atoms with van der Waals surface area (Å²) in [5, 5.41) is 9.34. The Labute approximate surface area is 171 Å². The predicted octanol–water partition coefficient (Wildman–Crippen LogP) is 4.39. The molecular weight excluding hydrogens is 372 g/mol. The molecule has 28 heavy (non-hydrogen) atoms. The van der Waals surface area contributed by atoms with E-state index in [0.29, 0.717) is 23.0 Å². The molecule has 0 saturated carbocycles. The lowest BCUT2D eigenvalue weighted by Crippen LogP contribution is -2.32. The normalized spacial score (nSPS) is 11.4. The first-order chi connectivity index (χ1) is 13.7. The summed E-state index contributed by atoms with van der Waals surface area (Å²) < 4.78 is 10.00. The van der Waals surface area contributed by atoms with E-state index < -0.39 is 0 Å². The largest absolute Gasteiger partial charge is 0.492 e. The van der Waals surface area contributed by atoms with Gasteiger partial charge >= 0.3 is 0 Å². The minimum absolute atomic E-state index is 0.547. The molecule has 0 aliphatic carbocycles. The molecule has 0 unspecified atom stereocenters. The number of imidazole rings is 1. The topological polar surface area (TPSA) is 46.2 Å². The van der Waals surface area contributed by atoms with Crippen molar-refractivity contribution < 1.29 is 4.74 Å². The second-order valence-electron chi connectivity index (χ2n) is 6.77. The van der Waals surface area contributed by atoms with E-state index in [2.05, 4.69) is 40.0 Å². The highest BCUT2D eigenvalue weighted by Gasteiger charge is 2.11. The summed E-state index contributed by atoms with van der Waals surface area (Å²) in [6.07, 6.45) is 0.811. The average molecular weight is 401 g/mol. The van der Waals surface area contributed by atoms with Gasteiger partial charge in [-0.25, -0.2) is 0 Å². The Hall–Kier alpha value is -2.24. The van der Waals surface area contributed by atoms with Crippen molar-refractivity contribution in [2.45, 2.75) is 33.4 Å². The van der Waals surface area contributed by atoms with E-state index in [-0.39, 0.29) is 0 Å². The van der Waals surface area contributed by atoms with Crippen LogP contribution in [0.3, 0.4) is 0 Å². The van der Waals surface area contributed by atoms with Gasteiger partial charge in [0.1, 0.15) is 5.75 Å². The smallest absolute Gasteiger partial charge is 0.203 e. The lowest BCUT2D eigenvalue weighted by molar-refractivity contribution is 0.287. The number of hydrogen-bond acceptors (Lipinski definition) is 3. The number of halogens is 1. The van der Waals surface area contributed by atoms with Gasteiger partial charge < -0.3 is 18.8 Å². The zero-order valence-electron chi connectivity index (χ0n) is 16.7. The minimum atomic E-state index is 0.547. The molecule has 1 heterocycles. The number of para-hydroxylation sites is 3. The molecule has 0 fully saturated rings. The average Bonchev–Trinajstić information content (AvgIpc) is 2.98. The van der Waals surface area contributed by atoms with Gasteiger partial charge in [-0.05, 0) is 43.8 Å². The molecule has 0 radical (unpaired) electrons. The molecule has 150 valence electrons. The van der Waals surface area contributed by atoms with Gasteiger partial charge in [-0.2, -0.15) is 0 Å². The number of hydrogen-bond donors (Lipinski definition) is 1. The summed E-state index contributed by atoms with van der Waals surface area (Å²) in [5.41, 5.74) is 2.77. The van der Waals surface area contributed by atoms with Gasteiger partial charge in [0, 0.05) is 19.6 Å². The second kappa shape index (κ2) is 9.80. The molecule has 0 spiro atoms. The molecule has 2 aromatic carbocycles. The molecule has 1 aromatic heterocycles. The second-order valence-corrected chi connectivity index (χ2v) is 7.18. The van der Waals surface area contributed by atoms with Crippen LogP contribution in [0.25, 0.3) is 11.0 Å². The Bertz CT molecular complexity index is 959. The first-order valence-electron chi connectivity index (χ1n) is 9.98. The summed E-state index contributed by atoms with van der Waals surface area (Å²) in [5.74, 6) is 0.710. The molecule has 6 heteroatoms. The van der Waals surface area contributed by atoms with Crippen LogP contribution < -0.4 is 10.4 Å².